The van der Waals surface area contributed by atoms with E-state index in [0.29, 0.717) is 51.4 Å². The number of nitrogens with zero attached hydrogens (tertiary/aromatic N) is 8. The fraction of sp³-hybridized carbons (Fsp3) is 0.0141. The van der Waals surface area contributed by atoms with E-state index in [1.54, 1.807) is 30.5 Å². The topological polar surface area (TPSA) is 71.5 Å². The molecule has 0 saturated heterocycles. The third kappa shape index (κ3) is 7.80. The van der Waals surface area contributed by atoms with Crippen molar-refractivity contribution in [3.05, 3.63) is 273 Å². The Balaban J connectivity index is 0.00000663. The molecule has 9 nitrogen and oxygen atoms in total. The van der Waals surface area contributed by atoms with Crippen molar-refractivity contribution >= 4 is 76.5 Å². The fourth-order valence-electron chi connectivity index (χ4n) is 11.5. The number of rotatable bonds is 9. The van der Waals surface area contributed by atoms with Gasteiger partial charge in [0.05, 0.1) is 45.6 Å². The number of imidazole rings is 1. The van der Waals surface area contributed by atoms with Crippen molar-refractivity contribution in [2.75, 3.05) is 0 Å². The zero-order valence-corrected chi connectivity index (χ0v) is 44.9. The number of benzene rings is 10. The summed E-state index contributed by atoms with van der Waals surface area (Å²) in [5.74, 6) is 2.33. The van der Waals surface area contributed by atoms with Gasteiger partial charge in [0.25, 0.3) is 6.33 Å². The molecule has 0 saturated carbocycles. The van der Waals surface area contributed by atoms with E-state index >= 15 is 0 Å². The molecule has 0 spiro atoms. The van der Waals surface area contributed by atoms with Crippen LogP contribution in [0.5, 0.6) is 11.5 Å². The molecule has 16 rings (SSSR count). The minimum Gasteiger partial charge on any atom is -0.510 e. The number of ether oxygens (including phenoxy) is 1. The summed E-state index contributed by atoms with van der Waals surface area (Å²) < 4.78 is 86.7. The second-order valence-corrected chi connectivity index (χ2v) is 19.5. The summed E-state index contributed by atoms with van der Waals surface area (Å²) in [6.45, 7) is -2.67. The molecule has 0 radical (unpaired) electrons. The van der Waals surface area contributed by atoms with Gasteiger partial charge in [-0.05, 0) is 77.1 Å². The van der Waals surface area contributed by atoms with E-state index in [1.165, 1.54) is 0 Å². The van der Waals surface area contributed by atoms with Crippen LogP contribution in [0.1, 0.15) is 16.5 Å². The smallest absolute Gasteiger partial charge is 0.268 e. The maximum Gasteiger partial charge on any atom is 0.268 e. The molecule has 0 amide bonds. The van der Waals surface area contributed by atoms with Crippen molar-refractivity contribution < 1.29 is 41.3 Å². The maximum atomic E-state index is 9.20. The van der Waals surface area contributed by atoms with Crippen LogP contribution >= 0.6 is 0 Å². The van der Waals surface area contributed by atoms with Gasteiger partial charge in [0.1, 0.15) is 17.5 Å². The molecule has 0 bridgehead atoms. The quantitative estimate of drug-likeness (QED) is 0.107. The van der Waals surface area contributed by atoms with Crippen LogP contribution in [0.2, 0.25) is 0 Å². The summed E-state index contributed by atoms with van der Waals surface area (Å²) in [7, 11) is 0. The average Bonchev–Trinajstić information content (AvgIpc) is 1.67. The second-order valence-electron chi connectivity index (χ2n) is 19.5. The molecule has 0 aliphatic carbocycles. The summed E-state index contributed by atoms with van der Waals surface area (Å²) in [4.78, 5) is 15.7. The first-order chi connectivity index (χ1) is 42.9. The van der Waals surface area contributed by atoms with E-state index in [0.717, 1.165) is 70.9 Å². The molecule has 386 valence electrons. The van der Waals surface area contributed by atoms with Crippen molar-refractivity contribution in [2.45, 2.75) is 6.85 Å². The normalized spacial score (nSPS) is 13.2. The van der Waals surface area contributed by atoms with Crippen LogP contribution in [0.3, 0.4) is 0 Å². The molecule has 6 aromatic heterocycles. The molecule has 0 fully saturated rings. The van der Waals surface area contributed by atoms with Crippen LogP contribution in [0.4, 0.5) is 0 Å². The number of fused-ring (bicyclic) bond motifs is 10. The SMILES string of the molecule is [2H]c1c([2H])c([2H])c(-c2ccccc2-[n+]2[c-]n(-c3[c-]c(Oc4[c-]c5c(cc4)c4ccccc4n5-c4cc(C([2H])([2H])[2H])c(-c5nc(-n6c7ccccc7c7ccccc76)cc(-n6c7ccccc7c7ccccc76)n5)cn4)ccc3)c3ccccc32)c([2H])c1[2H].[Pt]. The second kappa shape index (κ2) is 19.3. The Labute approximate surface area is 491 Å². The summed E-state index contributed by atoms with van der Waals surface area (Å²) in [5, 5.41) is 5.92. The van der Waals surface area contributed by atoms with E-state index in [9.17, 15) is 4.11 Å². The van der Waals surface area contributed by atoms with Gasteiger partial charge < -0.3 is 13.9 Å². The van der Waals surface area contributed by atoms with Crippen molar-refractivity contribution in [3.8, 4) is 62.8 Å². The van der Waals surface area contributed by atoms with Gasteiger partial charge in [-0.2, -0.15) is 18.2 Å². The predicted molar refractivity (Wildman–Crippen MR) is 320 cm³/mol. The predicted octanol–water partition coefficient (Wildman–Crippen LogP) is 16.2. The van der Waals surface area contributed by atoms with Crippen molar-refractivity contribution in [2.24, 2.45) is 0 Å². The molecule has 0 N–H and O–H groups in total. The van der Waals surface area contributed by atoms with Crippen LogP contribution in [0.15, 0.2) is 249 Å². The third-order valence-electron chi connectivity index (χ3n) is 14.9. The molecule has 0 unspecified atom stereocenters. The number of pyridine rings is 1. The summed E-state index contributed by atoms with van der Waals surface area (Å²) in [6.07, 6.45) is 5.03. The monoisotopic (exact) mass is 1230 g/mol. The third-order valence-corrected chi connectivity index (χ3v) is 14.9. The molecule has 81 heavy (non-hydrogen) atoms. The Bertz CT molecular complexity index is 5330. The van der Waals surface area contributed by atoms with Gasteiger partial charge >= 0.3 is 0 Å². The minimum absolute atomic E-state index is 0. The summed E-state index contributed by atoms with van der Waals surface area (Å²) in [5.41, 5.74) is 8.48. The van der Waals surface area contributed by atoms with Crippen LogP contribution in [-0.2, 0) is 21.1 Å². The van der Waals surface area contributed by atoms with Crippen LogP contribution < -0.4 is 9.30 Å². The van der Waals surface area contributed by atoms with E-state index < -0.39 is 25.0 Å². The van der Waals surface area contributed by atoms with E-state index in [4.69, 9.17) is 26.5 Å². The zero-order chi connectivity index (χ0) is 59.7. The Hall–Kier alpha value is -10.2. The summed E-state index contributed by atoms with van der Waals surface area (Å²) in [6, 6.07) is 73.4. The van der Waals surface area contributed by atoms with Crippen LogP contribution in [0, 0.1) is 25.3 Å². The fourth-order valence-corrected chi connectivity index (χ4v) is 11.5. The van der Waals surface area contributed by atoms with E-state index in [-0.39, 0.29) is 55.7 Å². The van der Waals surface area contributed by atoms with Crippen molar-refractivity contribution in [1.82, 2.24) is 33.2 Å². The van der Waals surface area contributed by atoms with E-state index in [1.807, 2.05) is 153 Å². The minimum atomic E-state index is -2.67. The van der Waals surface area contributed by atoms with Crippen molar-refractivity contribution in [1.29, 1.82) is 0 Å². The number of aryl methyl sites for hydroxylation is 1. The zero-order valence-electron chi connectivity index (χ0n) is 50.6. The van der Waals surface area contributed by atoms with Gasteiger partial charge in [-0.1, -0.05) is 169 Å². The van der Waals surface area contributed by atoms with Gasteiger partial charge in [-0.25, -0.2) is 15.0 Å². The molecule has 6 heterocycles. The van der Waals surface area contributed by atoms with Gasteiger partial charge in [0, 0.05) is 81.6 Å². The van der Waals surface area contributed by atoms with Gasteiger partial charge in [0.15, 0.2) is 5.82 Å². The molecule has 10 heteroatoms. The van der Waals surface area contributed by atoms with Gasteiger partial charge in [0.2, 0.25) is 0 Å². The average molecular weight is 1230 g/mol. The Morgan fingerprint density at radius 1 is 0.481 bits per heavy atom. The summed E-state index contributed by atoms with van der Waals surface area (Å²) >= 11 is 0. The van der Waals surface area contributed by atoms with Crippen LogP contribution in [-0.4, -0.2) is 33.2 Å². The molecular formula is C71H44N8OPt-2. The van der Waals surface area contributed by atoms with Gasteiger partial charge in [-0.15, -0.1) is 29.7 Å². The number of hydrogen-bond donors (Lipinski definition) is 0. The van der Waals surface area contributed by atoms with Crippen molar-refractivity contribution in [3.63, 3.8) is 0 Å². The first kappa shape index (κ1) is 40.0. The van der Waals surface area contributed by atoms with Gasteiger partial charge in [-0.3, -0.25) is 13.7 Å². The molecule has 16 aromatic rings. The number of aromatic nitrogens is 8. The molecule has 0 atom stereocenters. The Kier molecular flexibility index (Phi) is 9.54. The Morgan fingerprint density at radius 3 is 1.65 bits per heavy atom. The molecule has 10 aromatic carbocycles. The number of hydrogen-bond acceptors (Lipinski definition) is 4. The van der Waals surface area contributed by atoms with Crippen LogP contribution in [0.25, 0.3) is 128 Å². The first-order valence-corrected chi connectivity index (χ1v) is 26.0. The first-order valence-electron chi connectivity index (χ1n) is 30.0. The largest absolute Gasteiger partial charge is 0.510 e. The molecule has 0 aliphatic rings. The standard InChI is InChI=1S/C71H44N8O.Pt/c1-46-40-68(72-44-58(46)71-73-69(77-60-31-12-6-25-52(60)53-26-7-13-32-61(53)77)43-70(74-71)78-62-33-14-8-27-54(62)55-28-9-15-34-63(55)78)79-64-35-16-10-29-56(64)57-39-38-50(42-67(57)79)80-49-23-19-22-48(41-49)75-45-76(66-37-18-17-36-65(66)75)59-30-11-5-24-51(59)47-20-3-2-4-21-47;/h2-40,43-44H,1H3;/q-2;/i1D3,2D,3D,4D,20D,21D;. The number of para-hydroxylation sites is 8. The van der Waals surface area contributed by atoms with E-state index in [2.05, 4.69) is 76.1 Å². The molecular weight excluding hydrogens is 1180 g/mol. The maximum absolute atomic E-state index is 9.20. The molecule has 0 aliphatic heterocycles. The Morgan fingerprint density at radius 2 is 1.02 bits per heavy atom.